The van der Waals surface area contributed by atoms with Gasteiger partial charge in [0.15, 0.2) is 0 Å². The molecule has 4 rings (SSSR count). The third kappa shape index (κ3) is 3.65. The highest BCUT2D eigenvalue weighted by atomic mass is 16.1. The fraction of sp³-hybridized carbons (Fsp3) is 0.897. The van der Waals surface area contributed by atoms with E-state index in [4.69, 9.17) is 0 Å². The second-order valence-electron chi connectivity index (χ2n) is 12.7. The number of allylic oxidation sites excluding steroid dienone is 2. The molecular formula is C29H48O. The minimum atomic E-state index is 0.452. The highest BCUT2D eigenvalue weighted by Gasteiger charge is 2.60. The summed E-state index contributed by atoms with van der Waals surface area (Å²) >= 11 is 0. The van der Waals surface area contributed by atoms with E-state index >= 15 is 0 Å². The first kappa shape index (κ1) is 22.6. The van der Waals surface area contributed by atoms with Crippen molar-refractivity contribution in [2.45, 2.75) is 106 Å². The smallest absolute Gasteiger partial charge is 0.133 e. The maximum absolute atomic E-state index is 12.1. The number of rotatable bonds is 5. The number of ketones is 1. The molecule has 4 aliphatic carbocycles. The van der Waals surface area contributed by atoms with Crippen molar-refractivity contribution in [1.29, 1.82) is 0 Å². The molecule has 0 saturated heterocycles. The van der Waals surface area contributed by atoms with Crippen LogP contribution in [0, 0.1) is 58.2 Å². The molecule has 9 unspecified atom stereocenters. The number of carbonyl (C=O) groups is 1. The minimum absolute atomic E-state index is 0.452. The fourth-order valence-electron chi connectivity index (χ4n) is 9.23. The van der Waals surface area contributed by atoms with Gasteiger partial charge in [-0.15, -0.1) is 0 Å². The highest BCUT2D eigenvalue weighted by Crippen LogP contribution is 2.68. The molecule has 30 heavy (non-hydrogen) atoms. The van der Waals surface area contributed by atoms with E-state index in [9.17, 15) is 4.79 Å². The van der Waals surface area contributed by atoms with E-state index in [1.54, 1.807) is 0 Å². The molecule has 0 aromatic carbocycles. The monoisotopic (exact) mass is 412 g/mol. The lowest BCUT2D eigenvalue weighted by atomic mass is 9.44. The lowest BCUT2D eigenvalue weighted by Crippen LogP contribution is -2.53. The molecule has 0 bridgehead atoms. The van der Waals surface area contributed by atoms with Crippen molar-refractivity contribution in [3.05, 3.63) is 12.2 Å². The summed E-state index contributed by atoms with van der Waals surface area (Å²) in [6, 6.07) is 0. The number of hydrogen-bond donors (Lipinski definition) is 0. The van der Waals surface area contributed by atoms with E-state index in [0.29, 0.717) is 28.4 Å². The quantitative estimate of drug-likeness (QED) is 0.417. The number of fused-ring (bicyclic) bond motifs is 5. The summed E-state index contributed by atoms with van der Waals surface area (Å²) in [5.41, 5.74) is 0.992. The van der Waals surface area contributed by atoms with Gasteiger partial charge in [0.05, 0.1) is 0 Å². The lowest BCUT2D eigenvalue weighted by molar-refractivity contribution is -0.140. The molecule has 4 saturated carbocycles. The molecule has 0 spiro atoms. The molecule has 0 aromatic rings. The van der Waals surface area contributed by atoms with Crippen LogP contribution in [0.5, 0.6) is 0 Å². The topological polar surface area (TPSA) is 17.1 Å². The van der Waals surface area contributed by atoms with Gasteiger partial charge in [0.2, 0.25) is 0 Å². The Morgan fingerprint density at radius 3 is 2.37 bits per heavy atom. The zero-order valence-corrected chi connectivity index (χ0v) is 20.8. The van der Waals surface area contributed by atoms with E-state index in [-0.39, 0.29) is 0 Å². The Kier molecular flexibility index (Phi) is 6.33. The Morgan fingerprint density at radius 2 is 1.67 bits per heavy atom. The molecule has 0 heterocycles. The average molecular weight is 413 g/mol. The molecule has 4 fully saturated rings. The van der Waals surface area contributed by atoms with Crippen LogP contribution in [0.1, 0.15) is 106 Å². The van der Waals surface area contributed by atoms with E-state index in [2.05, 4.69) is 53.7 Å². The molecule has 1 nitrogen and oxygen atoms in total. The average Bonchev–Trinajstić information content (AvgIpc) is 3.06. The van der Waals surface area contributed by atoms with Crippen LogP contribution in [0.2, 0.25) is 0 Å². The largest absolute Gasteiger partial charge is 0.300 e. The first-order valence-corrected chi connectivity index (χ1v) is 13.4. The van der Waals surface area contributed by atoms with E-state index in [0.717, 1.165) is 48.3 Å². The van der Waals surface area contributed by atoms with Crippen molar-refractivity contribution in [2.75, 3.05) is 0 Å². The summed E-state index contributed by atoms with van der Waals surface area (Å²) < 4.78 is 0. The van der Waals surface area contributed by atoms with E-state index < -0.39 is 0 Å². The van der Waals surface area contributed by atoms with Gasteiger partial charge in [0.1, 0.15) is 5.78 Å². The van der Waals surface area contributed by atoms with Gasteiger partial charge in [0.25, 0.3) is 0 Å². The van der Waals surface area contributed by atoms with Gasteiger partial charge in [0, 0.05) is 12.8 Å². The molecule has 0 amide bonds. The van der Waals surface area contributed by atoms with Gasteiger partial charge in [-0.05, 0) is 110 Å². The van der Waals surface area contributed by atoms with Crippen LogP contribution in [-0.4, -0.2) is 5.78 Å². The van der Waals surface area contributed by atoms with Gasteiger partial charge in [-0.2, -0.15) is 0 Å². The first-order valence-electron chi connectivity index (χ1n) is 13.4. The third-order valence-electron chi connectivity index (χ3n) is 11.2. The third-order valence-corrected chi connectivity index (χ3v) is 11.2. The lowest BCUT2D eigenvalue weighted by Gasteiger charge is -2.60. The van der Waals surface area contributed by atoms with Crippen molar-refractivity contribution < 1.29 is 4.79 Å². The van der Waals surface area contributed by atoms with Crippen molar-refractivity contribution in [3.63, 3.8) is 0 Å². The summed E-state index contributed by atoms with van der Waals surface area (Å²) in [6.45, 7) is 14.8. The Morgan fingerprint density at radius 1 is 0.933 bits per heavy atom. The molecule has 0 radical (unpaired) electrons. The van der Waals surface area contributed by atoms with Crippen LogP contribution in [-0.2, 0) is 4.79 Å². The van der Waals surface area contributed by atoms with Crippen molar-refractivity contribution >= 4 is 5.78 Å². The molecule has 0 aromatic heterocycles. The first-order chi connectivity index (χ1) is 14.2. The predicted molar refractivity (Wildman–Crippen MR) is 127 cm³/mol. The van der Waals surface area contributed by atoms with E-state index in [1.165, 1.54) is 51.4 Å². The Hall–Kier alpha value is -0.590. The van der Waals surface area contributed by atoms with Crippen LogP contribution >= 0.6 is 0 Å². The van der Waals surface area contributed by atoms with Crippen LogP contribution in [0.4, 0.5) is 0 Å². The van der Waals surface area contributed by atoms with Crippen LogP contribution in [0.15, 0.2) is 12.2 Å². The van der Waals surface area contributed by atoms with E-state index in [1.807, 2.05) is 0 Å². The van der Waals surface area contributed by atoms with Gasteiger partial charge < -0.3 is 0 Å². The molecule has 0 aliphatic heterocycles. The van der Waals surface area contributed by atoms with Crippen LogP contribution < -0.4 is 0 Å². The zero-order valence-electron chi connectivity index (χ0n) is 20.8. The molecule has 1 heteroatoms. The standard InChI is InChI=1S/C29H48O/c1-7-21(19(2)3)9-8-20(4)25-12-13-26-24-11-10-22-18-23(30)14-16-28(22,5)27(24)15-17-29(25,26)6/h8-9,19-22,24-27H,7,10-18H2,1-6H3. The maximum atomic E-state index is 12.1. The molecular weight excluding hydrogens is 364 g/mol. The molecule has 9 atom stereocenters. The summed E-state index contributed by atoms with van der Waals surface area (Å²) in [6.07, 6.45) is 17.8. The summed E-state index contributed by atoms with van der Waals surface area (Å²) in [7, 11) is 0. The van der Waals surface area contributed by atoms with Gasteiger partial charge >= 0.3 is 0 Å². The van der Waals surface area contributed by atoms with Crippen molar-refractivity contribution in [3.8, 4) is 0 Å². The fourth-order valence-corrected chi connectivity index (χ4v) is 9.23. The van der Waals surface area contributed by atoms with Crippen LogP contribution in [0.3, 0.4) is 0 Å². The Bertz CT molecular complexity index is 661. The normalized spacial score (nSPS) is 45.8. The predicted octanol–water partition coefficient (Wildman–Crippen LogP) is 8.09. The summed E-state index contributed by atoms with van der Waals surface area (Å²) in [4.78, 5) is 12.1. The SMILES string of the molecule is CCC(C=CC(C)C1CCC2C3CCC4CC(=O)CCC4(C)C3CCC12C)C(C)C. The summed E-state index contributed by atoms with van der Waals surface area (Å²) in [5.74, 6) is 7.04. The number of carbonyl (C=O) groups excluding carboxylic acids is 1. The molecule has 0 N–H and O–H groups in total. The van der Waals surface area contributed by atoms with Gasteiger partial charge in [-0.25, -0.2) is 0 Å². The number of hydrogen-bond acceptors (Lipinski definition) is 1. The Balaban J connectivity index is 1.50. The highest BCUT2D eigenvalue weighted by molar-refractivity contribution is 5.79. The van der Waals surface area contributed by atoms with Gasteiger partial charge in [-0.1, -0.05) is 53.7 Å². The van der Waals surface area contributed by atoms with Crippen molar-refractivity contribution in [2.24, 2.45) is 58.2 Å². The minimum Gasteiger partial charge on any atom is -0.300 e. The van der Waals surface area contributed by atoms with Crippen molar-refractivity contribution in [1.82, 2.24) is 0 Å². The van der Waals surface area contributed by atoms with Gasteiger partial charge in [-0.3, -0.25) is 4.79 Å². The number of Topliss-reactive ketones (excluding diaryl/α,β-unsaturated/α-hetero) is 1. The zero-order chi connectivity index (χ0) is 21.7. The summed E-state index contributed by atoms with van der Waals surface area (Å²) in [5, 5.41) is 0. The molecule has 170 valence electrons. The molecule has 4 aliphatic rings. The maximum Gasteiger partial charge on any atom is 0.133 e. The second-order valence-corrected chi connectivity index (χ2v) is 12.7. The van der Waals surface area contributed by atoms with Crippen LogP contribution in [0.25, 0.3) is 0 Å². The second kappa shape index (κ2) is 8.40. The Labute approximate surface area is 186 Å².